The second kappa shape index (κ2) is 5.60. The van der Waals surface area contributed by atoms with Crippen LogP contribution in [-0.4, -0.2) is 27.7 Å². The number of rotatable bonds is 3. The summed E-state index contributed by atoms with van der Waals surface area (Å²) >= 11 is 0. The first kappa shape index (κ1) is 16.5. The lowest BCUT2D eigenvalue weighted by atomic mass is 9.57. The molecule has 0 aromatic carbocycles. The van der Waals surface area contributed by atoms with Crippen LogP contribution in [0.25, 0.3) is 0 Å². The van der Waals surface area contributed by atoms with Gasteiger partial charge in [0.1, 0.15) is 11.9 Å². The molecule has 0 saturated heterocycles. The van der Waals surface area contributed by atoms with E-state index in [1.807, 2.05) is 0 Å². The van der Waals surface area contributed by atoms with Gasteiger partial charge in [-0.25, -0.2) is 0 Å². The lowest BCUT2D eigenvalue weighted by Gasteiger charge is -2.50. The van der Waals surface area contributed by atoms with Gasteiger partial charge in [-0.1, -0.05) is 19.4 Å². The molecule has 0 aliphatic heterocycles. The van der Waals surface area contributed by atoms with Crippen molar-refractivity contribution in [2.45, 2.75) is 64.6 Å². The van der Waals surface area contributed by atoms with Crippen molar-refractivity contribution in [1.29, 1.82) is 0 Å². The van der Waals surface area contributed by atoms with Crippen LogP contribution in [0.2, 0.25) is 0 Å². The van der Waals surface area contributed by atoms with Crippen LogP contribution < -0.4 is 0 Å². The molecule has 1 unspecified atom stereocenters. The van der Waals surface area contributed by atoms with Crippen LogP contribution in [-0.2, 0) is 0 Å². The van der Waals surface area contributed by atoms with Gasteiger partial charge < -0.3 is 14.6 Å². The maximum atomic E-state index is 12.6. The number of Topliss-reactive ketones (excluding diaryl/α,β-unsaturated/α-hetero) is 1. The highest BCUT2D eigenvalue weighted by molar-refractivity contribution is 5.96. The zero-order valence-corrected chi connectivity index (χ0v) is 14.1. The van der Waals surface area contributed by atoms with Crippen LogP contribution in [0.4, 0.5) is 0 Å². The fraction of sp³-hybridized carbons (Fsp3) is 0.632. The third-order valence-electron chi connectivity index (χ3n) is 6.27. The highest BCUT2D eigenvalue weighted by Gasteiger charge is 2.49. The van der Waals surface area contributed by atoms with Crippen molar-refractivity contribution in [3.8, 4) is 0 Å². The average Bonchev–Trinajstić information content (AvgIpc) is 3.01. The van der Waals surface area contributed by atoms with Gasteiger partial charge >= 0.3 is 0 Å². The minimum atomic E-state index is -1.17. The van der Waals surface area contributed by atoms with Gasteiger partial charge in [0.15, 0.2) is 5.78 Å². The summed E-state index contributed by atoms with van der Waals surface area (Å²) < 4.78 is 5.03. The lowest BCUT2D eigenvalue weighted by molar-refractivity contribution is -0.0546. The molecule has 4 heteroatoms. The van der Waals surface area contributed by atoms with E-state index in [1.54, 1.807) is 13.0 Å². The molecule has 0 amide bonds. The van der Waals surface area contributed by atoms with E-state index in [4.69, 9.17) is 4.42 Å². The smallest absolute Gasteiger partial charge is 0.166 e. The summed E-state index contributed by atoms with van der Waals surface area (Å²) in [4.78, 5) is 12.6. The van der Waals surface area contributed by atoms with Crippen molar-refractivity contribution in [3.05, 3.63) is 35.3 Å². The van der Waals surface area contributed by atoms with Gasteiger partial charge in [-0.3, -0.25) is 4.79 Å². The molecule has 4 nitrogen and oxygen atoms in total. The number of hydrogen-bond acceptors (Lipinski definition) is 4. The second-order valence-corrected chi connectivity index (χ2v) is 7.63. The first-order valence-electron chi connectivity index (χ1n) is 8.45. The first-order valence-corrected chi connectivity index (χ1v) is 8.45. The van der Waals surface area contributed by atoms with Crippen molar-refractivity contribution >= 4 is 5.78 Å². The van der Waals surface area contributed by atoms with Gasteiger partial charge in [0, 0.05) is 6.42 Å². The van der Waals surface area contributed by atoms with Crippen molar-refractivity contribution in [2.75, 3.05) is 0 Å². The zero-order valence-electron chi connectivity index (χ0n) is 14.1. The van der Waals surface area contributed by atoms with E-state index >= 15 is 0 Å². The van der Waals surface area contributed by atoms with Gasteiger partial charge in [-0.15, -0.1) is 0 Å². The van der Waals surface area contributed by atoms with E-state index in [9.17, 15) is 15.0 Å². The van der Waals surface area contributed by atoms with E-state index < -0.39 is 11.7 Å². The molecule has 1 aromatic rings. The normalized spacial score (nSPS) is 37.6. The number of ketones is 1. The summed E-state index contributed by atoms with van der Waals surface area (Å²) in [5, 5.41) is 20.9. The molecule has 2 aliphatic carbocycles. The Morgan fingerprint density at radius 3 is 2.65 bits per heavy atom. The number of allylic oxidation sites excluding steroid dienone is 1. The van der Waals surface area contributed by atoms with Crippen molar-refractivity contribution in [1.82, 2.24) is 0 Å². The minimum Gasteiger partial charge on any atom is -0.472 e. The number of aliphatic hydroxyl groups excluding tert-OH is 1. The van der Waals surface area contributed by atoms with Crippen LogP contribution in [0, 0.1) is 11.3 Å². The Bertz CT molecular complexity index is 626. The van der Waals surface area contributed by atoms with Crippen LogP contribution in [0.5, 0.6) is 0 Å². The summed E-state index contributed by atoms with van der Waals surface area (Å²) in [6, 6.07) is 1.70. The molecule has 1 aromatic heterocycles. The van der Waals surface area contributed by atoms with E-state index in [1.165, 1.54) is 18.1 Å². The fourth-order valence-electron chi connectivity index (χ4n) is 4.37. The SMILES string of the molecule is C[C@@H]1CCC2=C(CCC(O)[C@]2(C)O)[C@@]1(C)CC(=O)c1ccoc1. The van der Waals surface area contributed by atoms with Gasteiger partial charge in [-0.05, 0) is 55.6 Å². The van der Waals surface area contributed by atoms with Crippen LogP contribution in [0.15, 0.2) is 34.2 Å². The summed E-state index contributed by atoms with van der Waals surface area (Å²) in [7, 11) is 0. The number of carbonyl (C=O) groups excluding carboxylic acids is 1. The quantitative estimate of drug-likeness (QED) is 0.661. The number of furan rings is 1. The van der Waals surface area contributed by atoms with E-state index in [-0.39, 0.29) is 11.2 Å². The van der Waals surface area contributed by atoms with Crippen LogP contribution in [0.3, 0.4) is 0 Å². The molecular weight excluding hydrogens is 292 g/mol. The van der Waals surface area contributed by atoms with Gasteiger partial charge in [0.2, 0.25) is 0 Å². The molecule has 4 atom stereocenters. The molecule has 126 valence electrons. The van der Waals surface area contributed by atoms with E-state index in [0.29, 0.717) is 24.3 Å². The largest absolute Gasteiger partial charge is 0.472 e. The third kappa shape index (κ3) is 2.58. The van der Waals surface area contributed by atoms with Gasteiger partial charge in [0.25, 0.3) is 0 Å². The third-order valence-corrected chi connectivity index (χ3v) is 6.27. The Kier molecular flexibility index (Phi) is 4.01. The number of carbonyl (C=O) groups is 1. The van der Waals surface area contributed by atoms with Crippen LogP contribution >= 0.6 is 0 Å². The topological polar surface area (TPSA) is 70.7 Å². The molecule has 1 heterocycles. The predicted octanol–water partition coefficient (Wildman–Crippen LogP) is 3.49. The van der Waals surface area contributed by atoms with Crippen molar-refractivity contribution in [2.24, 2.45) is 11.3 Å². The Morgan fingerprint density at radius 1 is 1.30 bits per heavy atom. The van der Waals surface area contributed by atoms with E-state index in [2.05, 4.69) is 13.8 Å². The Labute approximate surface area is 137 Å². The van der Waals surface area contributed by atoms with Crippen molar-refractivity contribution < 1.29 is 19.4 Å². The molecule has 0 fully saturated rings. The Balaban J connectivity index is 1.98. The number of hydrogen-bond donors (Lipinski definition) is 2. The molecule has 23 heavy (non-hydrogen) atoms. The predicted molar refractivity (Wildman–Crippen MR) is 87.1 cm³/mol. The fourth-order valence-corrected chi connectivity index (χ4v) is 4.37. The Morgan fingerprint density at radius 2 is 2.00 bits per heavy atom. The average molecular weight is 318 g/mol. The molecule has 0 radical (unpaired) electrons. The summed E-state index contributed by atoms with van der Waals surface area (Å²) in [5.74, 6) is 0.441. The summed E-state index contributed by atoms with van der Waals surface area (Å²) in [5.41, 5.74) is 1.30. The minimum absolute atomic E-state index is 0.0765. The van der Waals surface area contributed by atoms with E-state index in [0.717, 1.165) is 24.8 Å². The lowest BCUT2D eigenvalue weighted by Crippen LogP contribution is -2.49. The molecule has 2 N–H and O–H groups in total. The monoisotopic (exact) mass is 318 g/mol. The molecular formula is C19H26O4. The second-order valence-electron chi connectivity index (χ2n) is 7.63. The standard InChI is InChI=1S/C19H26O4/c1-12-4-5-15-14(6-7-17(21)19(15,3)22)18(12,2)10-16(20)13-8-9-23-11-13/h8-9,11-12,17,21-22H,4-7,10H2,1-3H3/t12-,17?,18+,19-/m1/s1. The van der Waals surface area contributed by atoms with Gasteiger partial charge in [0.05, 0.1) is 17.9 Å². The first-order chi connectivity index (χ1) is 10.8. The maximum Gasteiger partial charge on any atom is 0.166 e. The van der Waals surface area contributed by atoms with Gasteiger partial charge in [-0.2, -0.15) is 0 Å². The maximum absolute atomic E-state index is 12.6. The molecule has 0 spiro atoms. The molecule has 3 rings (SSSR count). The Hall–Kier alpha value is -1.39. The molecule has 0 saturated carbocycles. The highest BCUT2D eigenvalue weighted by atomic mass is 16.3. The molecule has 0 bridgehead atoms. The summed E-state index contributed by atoms with van der Waals surface area (Å²) in [6.07, 6.45) is 5.75. The highest BCUT2D eigenvalue weighted by Crippen LogP contribution is 2.54. The number of aliphatic hydroxyl groups is 2. The van der Waals surface area contributed by atoms with Crippen molar-refractivity contribution in [3.63, 3.8) is 0 Å². The molecule has 2 aliphatic rings. The zero-order chi connectivity index (χ0) is 16.8. The van der Waals surface area contributed by atoms with Crippen LogP contribution in [0.1, 0.15) is 63.2 Å². The summed E-state index contributed by atoms with van der Waals surface area (Å²) in [6.45, 7) is 6.03.